The third-order valence-electron chi connectivity index (χ3n) is 1.56. The zero-order chi connectivity index (χ0) is 10.7. The van der Waals surface area contributed by atoms with E-state index in [9.17, 15) is 8.42 Å². The maximum atomic E-state index is 11.7. The molecule has 0 spiro atoms. The number of nitrogens with zero attached hydrogens (tertiary/aromatic N) is 2. The number of hydrogen-bond acceptors (Lipinski definition) is 5. The molecule has 0 aliphatic heterocycles. The minimum Gasteiger partial charge on any atom is -0.261 e. The average molecular weight is 241 g/mol. The van der Waals surface area contributed by atoms with Gasteiger partial charge >= 0.3 is 0 Å². The highest BCUT2D eigenvalue weighted by Crippen LogP contribution is 2.18. The van der Waals surface area contributed by atoms with Crippen LogP contribution in [0.15, 0.2) is 40.3 Å². The maximum Gasteiger partial charge on any atom is 0.272 e. The van der Waals surface area contributed by atoms with E-state index in [0.29, 0.717) is 0 Å². The Morgan fingerprint density at radius 2 is 2.20 bits per heavy atom. The number of hydrogen-bond donors (Lipinski definition) is 1. The van der Waals surface area contributed by atoms with E-state index >= 15 is 0 Å². The van der Waals surface area contributed by atoms with Crippen LogP contribution in [0.25, 0.3) is 0 Å². The van der Waals surface area contributed by atoms with E-state index < -0.39 is 10.0 Å². The van der Waals surface area contributed by atoms with Crippen molar-refractivity contribution < 1.29 is 8.42 Å². The van der Waals surface area contributed by atoms with Gasteiger partial charge in [-0.2, -0.15) is 0 Å². The van der Waals surface area contributed by atoms with E-state index in [1.807, 2.05) is 0 Å². The average Bonchev–Trinajstić information content (AvgIpc) is 2.71. The molecule has 2 aromatic heterocycles. The van der Waals surface area contributed by atoms with Crippen LogP contribution in [0.1, 0.15) is 0 Å². The van der Waals surface area contributed by atoms with Crippen molar-refractivity contribution >= 4 is 27.2 Å². The Bertz CT molecular complexity index is 522. The summed E-state index contributed by atoms with van der Waals surface area (Å²) in [6.07, 6.45) is 4.25. The molecule has 15 heavy (non-hydrogen) atoms. The third kappa shape index (κ3) is 2.31. The highest BCUT2D eigenvalue weighted by molar-refractivity contribution is 7.94. The first-order valence-electron chi connectivity index (χ1n) is 4.01. The molecular weight excluding hydrogens is 234 g/mol. The van der Waals surface area contributed by atoms with E-state index in [-0.39, 0.29) is 10.0 Å². The van der Waals surface area contributed by atoms with Crippen LogP contribution < -0.4 is 4.72 Å². The predicted octanol–water partition coefficient (Wildman–Crippen LogP) is 1.34. The normalized spacial score (nSPS) is 11.2. The lowest BCUT2D eigenvalue weighted by molar-refractivity contribution is 0.603. The molecule has 0 radical (unpaired) electrons. The molecule has 0 amide bonds. The summed E-state index contributed by atoms with van der Waals surface area (Å²) < 4.78 is 26.0. The van der Waals surface area contributed by atoms with Gasteiger partial charge in [-0.1, -0.05) is 6.07 Å². The number of sulfonamides is 1. The molecule has 2 heterocycles. The standard InChI is InChI=1S/C8H7N3O2S2/c12-15(13,8-2-1-5-14-8)11-7-6-9-3-4-10-7/h1-6H,(H,10,11). The first-order valence-corrected chi connectivity index (χ1v) is 6.37. The smallest absolute Gasteiger partial charge is 0.261 e. The Balaban J connectivity index is 2.27. The van der Waals surface area contributed by atoms with Crippen molar-refractivity contribution in [2.75, 3.05) is 4.72 Å². The Morgan fingerprint density at radius 1 is 1.33 bits per heavy atom. The zero-order valence-electron chi connectivity index (χ0n) is 7.49. The van der Waals surface area contributed by atoms with Crippen LogP contribution in [-0.4, -0.2) is 18.4 Å². The van der Waals surface area contributed by atoms with Gasteiger partial charge in [-0.25, -0.2) is 13.4 Å². The molecule has 0 atom stereocenters. The van der Waals surface area contributed by atoms with Gasteiger partial charge in [0.25, 0.3) is 10.0 Å². The lowest BCUT2D eigenvalue weighted by Gasteiger charge is -2.03. The number of thiophene rings is 1. The van der Waals surface area contributed by atoms with E-state index in [4.69, 9.17) is 0 Å². The summed E-state index contributed by atoms with van der Waals surface area (Å²) in [5.74, 6) is 0.214. The fraction of sp³-hybridized carbons (Fsp3) is 0. The lowest BCUT2D eigenvalue weighted by atomic mass is 10.7. The molecule has 0 aliphatic rings. The molecule has 5 nitrogen and oxygen atoms in total. The molecule has 2 aromatic rings. The Morgan fingerprint density at radius 3 is 2.80 bits per heavy atom. The molecule has 0 unspecified atom stereocenters. The van der Waals surface area contributed by atoms with E-state index in [2.05, 4.69) is 14.7 Å². The van der Waals surface area contributed by atoms with Crippen molar-refractivity contribution in [3.8, 4) is 0 Å². The monoisotopic (exact) mass is 241 g/mol. The highest BCUT2D eigenvalue weighted by Gasteiger charge is 2.15. The molecule has 78 valence electrons. The first-order chi connectivity index (χ1) is 7.18. The van der Waals surface area contributed by atoms with Gasteiger partial charge in [-0.15, -0.1) is 11.3 Å². The van der Waals surface area contributed by atoms with Gasteiger partial charge in [-0.3, -0.25) is 9.71 Å². The van der Waals surface area contributed by atoms with Crippen LogP contribution in [0.3, 0.4) is 0 Å². The van der Waals surface area contributed by atoms with Gasteiger partial charge in [-0.05, 0) is 11.4 Å². The van der Waals surface area contributed by atoms with Gasteiger partial charge < -0.3 is 0 Å². The van der Waals surface area contributed by atoms with Crippen molar-refractivity contribution in [2.24, 2.45) is 0 Å². The van der Waals surface area contributed by atoms with Crippen molar-refractivity contribution in [3.05, 3.63) is 36.1 Å². The second-order valence-corrected chi connectivity index (χ2v) is 5.49. The Hall–Kier alpha value is -1.47. The number of nitrogens with one attached hydrogen (secondary N) is 1. The number of anilines is 1. The quantitative estimate of drug-likeness (QED) is 0.880. The van der Waals surface area contributed by atoms with E-state index in [1.54, 1.807) is 11.4 Å². The van der Waals surface area contributed by atoms with Crippen molar-refractivity contribution in [2.45, 2.75) is 4.21 Å². The van der Waals surface area contributed by atoms with Crippen LogP contribution in [0, 0.1) is 0 Å². The van der Waals surface area contributed by atoms with E-state index in [1.165, 1.54) is 24.7 Å². The summed E-state index contributed by atoms with van der Waals surface area (Å²) >= 11 is 1.15. The minimum absolute atomic E-state index is 0.214. The minimum atomic E-state index is -3.50. The topological polar surface area (TPSA) is 72.0 Å². The molecular formula is C8H7N3O2S2. The van der Waals surface area contributed by atoms with Crippen LogP contribution in [0.5, 0.6) is 0 Å². The number of rotatable bonds is 3. The highest BCUT2D eigenvalue weighted by atomic mass is 32.2. The van der Waals surface area contributed by atoms with Crippen LogP contribution >= 0.6 is 11.3 Å². The number of aromatic nitrogens is 2. The fourth-order valence-corrected chi connectivity index (χ4v) is 2.94. The van der Waals surface area contributed by atoms with Crippen LogP contribution in [0.4, 0.5) is 5.82 Å². The van der Waals surface area contributed by atoms with Crippen molar-refractivity contribution in [1.29, 1.82) is 0 Å². The molecule has 7 heteroatoms. The first kappa shape index (κ1) is 10.1. The van der Waals surface area contributed by atoms with Crippen LogP contribution in [0.2, 0.25) is 0 Å². The van der Waals surface area contributed by atoms with Crippen molar-refractivity contribution in [1.82, 2.24) is 9.97 Å². The van der Waals surface area contributed by atoms with Gasteiger partial charge in [0.15, 0.2) is 5.82 Å². The summed E-state index contributed by atoms with van der Waals surface area (Å²) in [6.45, 7) is 0. The fourth-order valence-electron chi connectivity index (χ4n) is 0.956. The Kier molecular flexibility index (Phi) is 2.65. The summed E-state index contributed by atoms with van der Waals surface area (Å²) in [7, 11) is -3.50. The molecule has 0 fully saturated rings. The van der Waals surface area contributed by atoms with Crippen LogP contribution in [-0.2, 0) is 10.0 Å². The summed E-state index contributed by atoms with van der Waals surface area (Å²) in [6, 6.07) is 3.21. The van der Waals surface area contributed by atoms with Gasteiger partial charge in [0.1, 0.15) is 4.21 Å². The van der Waals surface area contributed by atoms with Gasteiger partial charge in [0.05, 0.1) is 6.20 Å². The molecule has 0 saturated heterocycles. The summed E-state index contributed by atoms with van der Waals surface area (Å²) in [5.41, 5.74) is 0. The summed E-state index contributed by atoms with van der Waals surface area (Å²) in [5, 5.41) is 1.70. The van der Waals surface area contributed by atoms with Crippen molar-refractivity contribution in [3.63, 3.8) is 0 Å². The second kappa shape index (κ2) is 3.95. The lowest BCUT2D eigenvalue weighted by Crippen LogP contribution is -2.12. The zero-order valence-corrected chi connectivity index (χ0v) is 9.12. The molecule has 2 rings (SSSR count). The summed E-state index contributed by atoms with van der Waals surface area (Å²) in [4.78, 5) is 7.59. The molecule has 1 N–H and O–H groups in total. The predicted molar refractivity (Wildman–Crippen MR) is 57.2 cm³/mol. The Labute approximate surface area is 90.9 Å². The molecule has 0 saturated carbocycles. The molecule has 0 aliphatic carbocycles. The third-order valence-corrected chi connectivity index (χ3v) is 4.31. The van der Waals surface area contributed by atoms with E-state index in [0.717, 1.165) is 11.3 Å². The van der Waals surface area contributed by atoms with Gasteiger partial charge in [0, 0.05) is 12.4 Å². The molecule has 0 aromatic carbocycles. The second-order valence-electron chi connectivity index (χ2n) is 2.63. The largest absolute Gasteiger partial charge is 0.272 e. The van der Waals surface area contributed by atoms with Gasteiger partial charge in [0.2, 0.25) is 0 Å². The molecule has 0 bridgehead atoms. The SMILES string of the molecule is O=S(=O)(Nc1cnccn1)c1cccs1. The maximum absolute atomic E-state index is 11.7.